The van der Waals surface area contributed by atoms with Gasteiger partial charge in [-0.05, 0) is 78.5 Å². The summed E-state index contributed by atoms with van der Waals surface area (Å²) in [5, 5.41) is 19.6. The predicted octanol–water partition coefficient (Wildman–Crippen LogP) is 5.57. The maximum Gasteiger partial charge on any atom is 0.306 e. The zero-order valence-electron chi connectivity index (χ0n) is 20.8. The first-order valence-electron chi connectivity index (χ1n) is 12.6. The Morgan fingerprint density at radius 1 is 1.21 bits per heavy atom. The van der Waals surface area contributed by atoms with E-state index in [1.165, 1.54) is 5.57 Å². The van der Waals surface area contributed by atoms with Gasteiger partial charge in [0.25, 0.3) is 0 Å². The number of aryl methyl sites for hydroxylation is 1. The zero-order valence-corrected chi connectivity index (χ0v) is 21.6. The number of amides is 1. The molecule has 2 saturated carbocycles. The van der Waals surface area contributed by atoms with Gasteiger partial charge in [0.05, 0.1) is 5.92 Å². The second-order valence-corrected chi connectivity index (χ2v) is 12.5. The van der Waals surface area contributed by atoms with Crippen LogP contribution in [0.2, 0.25) is 5.02 Å². The Morgan fingerprint density at radius 2 is 1.88 bits per heavy atom. The molecule has 1 aliphatic heterocycles. The van der Waals surface area contributed by atoms with E-state index in [0.717, 1.165) is 41.8 Å². The lowest BCUT2D eigenvalue weighted by Gasteiger charge is -2.50. The molecule has 6 heteroatoms. The van der Waals surface area contributed by atoms with Gasteiger partial charge in [-0.15, -0.1) is 0 Å². The minimum Gasteiger partial charge on any atom is -0.481 e. The van der Waals surface area contributed by atoms with Crippen LogP contribution in [0.15, 0.2) is 30.0 Å². The highest BCUT2D eigenvalue weighted by Gasteiger charge is 2.48. The first-order chi connectivity index (χ1) is 15.9. The second-order valence-electron chi connectivity index (χ2n) is 12.1. The SMILES string of the molecule is CC(C)(C)CCc1ccc([C@]2(C)CC(=O)N(C3CC(C(=O)O)C3)C=C2C2CC(CO)C2)cc1Cl. The van der Waals surface area contributed by atoms with Gasteiger partial charge in [0.15, 0.2) is 0 Å². The van der Waals surface area contributed by atoms with Gasteiger partial charge in [0.1, 0.15) is 0 Å². The molecule has 1 amide bonds. The lowest BCUT2D eigenvalue weighted by atomic mass is 9.60. The smallest absolute Gasteiger partial charge is 0.306 e. The summed E-state index contributed by atoms with van der Waals surface area (Å²) in [7, 11) is 0. The molecule has 0 aromatic heterocycles. The molecule has 34 heavy (non-hydrogen) atoms. The summed E-state index contributed by atoms with van der Waals surface area (Å²) in [6.07, 6.45) is 7.20. The fourth-order valence-electron chi connectivity index (χ4n) is 5.75. The lowest BCUT2D eigenvalue weighted by molar-refractivity contribution is -0.150. The number of hydrogen-bond donors (Lipinski definition) is 2. The first kappa shape index (κ1) is 25.2. The van der Waals surface area contributed by atoms with Crippen LogP contribution in [0.3, 0.4) is 0 Å². The molecule has 2 aliphatic carbocycles. The summed E-state index contributed by atoms with van der Waals surface area (Å²) in [5.74, 6) is -0.464. The molecular weight excluding hydrogens is 450 g/mol. The number of hydrogen-bond acceptors (Lipinski definition) is 3. The molecule has 0 spiro atoms. The van der Waals surface area contributed by atoms with Crippen LogP contribution >= 0.6 is 11.6 Å². The summed E-state index contributed by atoms with van der Waals surface area (Å²) in [5.41, 5.74) is 3.18. The summed E-state index contributed by atoms with van der Waals surface area (Å²) in [6, 6.07) is 6.25. The molecule has 0 bridgehead atoms. The van der Waals surface area contributed by atoms with Crippen LogP contribution < -0.4 is 0 Å². The summed E-state index contributed by atoms with van der Waals surface area (Å²) in [6.45, 7) is 9.02. The molecular formula is C28H38ClNO4. The monoisotopic (exact) mass is 487 g/mol. The summed E-state index contributed by atoms with van der Waals surface area (Å²) >= 11 is 6.75. The van der Waals surface area contributed by atoms with Gasteiger partial charge in [-0.25, -0.2) is 0 Å². The van der Waals surface area contributed by atoms with Crippen molar-refractivity contribution in [3.63, 3.8) is 0 Å². The summed E-state index contributed by atoms with van der Waals surface area (Å²) in [4.78, 5) is 26.4. The maximum atomic E-state index is 13.3. The third-order valence-electron chi connectivity index (χ3n) is 8.33. The molecule has 1 aromatic carbocycles. The number of allylic oxidation sites excluding steroid dienone is 1. The molecule has 1 heterocycles. The van der Waals surface area contributed by atoms with Crippen LogP contribution in [0.4, 0.5) is 0 Å². The number of aliphatic hydroxyl groups excluding tert-OH is 1. The van der Waals surface area contributed by atoms with Crippen molar-refractivity contribution in [2.45, 2.75) is 84.1 Å². The van der Waals surface area contributed by atoms with E-state index in [9.17, 15) is 19.8 Å². The second kappa shape index (κ2) is 9.31. The Balaban J connectivity index is 1.62. The van der Waals surface area contributed by atoms with E-state index in [1.54, 1.807) is 0 Å². The lowest BCUT2D eigenvalue weighted by Crippen LogP contribution is -2.52. The Hall–Kier alpha value is -1.85. The predicted molar refractivity (Wildman–Crippen MR) is 134 cm³/mol. The maximum absolute atomic E-state index is 13.3. The molecule has 1 aromatic rings. The molecule has 2 N–H and O–H groups in total. The van der Waals surface area contributed by atoms with Crippen molar-refractivity contribution < 1.29 is 19.8 Å². The molecule has 2 fully saturated rings. The van der Waals surface area contributed by atoms with E-state index in [0.29, 0.717) is 31.1 Å². The zero-order chi connectivity index (χ0) is 24.8. The van der Waals surface area contributed by atoms with Crippen molar-refractivity contribution in [1.82, 2.24) is 4.90 Å². The van der Waals surface area contributed by atoms with Crippen LogP contribution in [0.5, 0.6) is 0 Å². The Bertz CT molecular complexity index is 985. The Morgan fingerprint density at radius 3 is 2.44 bits per heavy atom. The van der Waals surface area contributed by atoms with Crippen molar-refractivity contribution in [1.29, 1.82) is 0 Å². The molecule has 0 saturated heterocycles. The fraction of sp³-hybridized carbons (Fsp3) is 0.643. The highest BCUT2D eigenvalue weighted by atomic mass is 35.5. The summed E-state index contributed by atoms with van der Waals surface area (Å²) < 4.78 is 0. The normalized spacial score (nSPS) is 31.5. The number of rotatable bonds is 7. The number of carbonyl (C=O) groups excluding carboxylic acids is 1. The van der Waals surface area contributed by atoms with Gasteiger partial charge in [-0.1, -0.05) is 51.4 Å². The van der Waals surface area contributed by atoms with Gasteiger partial charge in [0, 0.05) is 35.7 Å². The van der Waals surface area contributed by atoms with Gasteiger partial charge >= 0.3 is 5.97 Å². The number of nitrogens with zero attached hydrogens (tertiary/aromatic N) is 1. The van der Waals surface area contributed by atoms with E-state index < -0.39 is 11.4 Å². The number of carboxylic acid groups (broad SMARTS) is 1. The van der Waals surface area contributed by atoms with Crippen molar-refractivity contribution >= 4 is 23.5 Å². The number of halogens is 1. The average Bonchev–Trinajstić information content (AvgIpc) is 2.67. The minimum atomic E-state index is -0.777. The van der Waals surface area contributed by atoms with Crippen LogP contribution in [-0.4, -0.2) is 39.6 Å². The van der Waals surface area contributed by atoms with Crippen molar-refractivity contribution in [3.8, 4) is 0 Å². The topological polar surface area (TPSA) is 77.8 Å². The van der Waals surface area contributed by atoms with Crippen molar-refractivity contribution in [2.75, 3.05) is 6.61 Å². The number of carboxylic acids is 1. The van der Waals surface area contributed by atoms with E-state index in [-0.39, 0.29) is 29.9 Å². The standard InChI is InChI=1S/C28H38ClNO4/c1-27(2,3)8-7-18-5-6-21(13-24(18)29)28(4)14-25(32)30(22-11-20(12-22)26(33)34)15-23(28)19-9-17(10-19)16-31/h5-6,13,15,17,19-20,22,31H,7-12,14,16H2,1-4H3,(H,33,34)/t17?,19?,20?,22?,28-/m0/s1. The van der Waals surface area contributed by atoms with Crippen molar-refractivity contribution in [2.24, 2.45) is 23.2 Å². The Kier molecular flexibility index (Phi) is 6.91. The highest BCUT2D eigenvalue weighted by molar-refractivity contribution is 6.31. The third-order valence-corrected chi connectivity index (χ3v) is 8.68. The molecule has 3 aliphatic rings. The Labute approximate surface area is 208 Å². The highest BCUT2D eigenvalue weighted by Crippen LogP contribution is 2.51. The largest absolute Gasteiger partial charge is 0.481 e. The third kappa shape index (κ3) is 4.92. The van der Waals surface area contributed by atoms with Gasteiger partial charge < -0.3 is 15.1 Å². The number of aliphatic carboxylic acids is 1. The van der Waals surface area contributed by atoms with Gasteiger partial charge in [-0.3, -0.25) is 9.59 Å². The van der Waals surface area contributed by atoms with E-state index >= 15 is 0 Å². The van der Waals surface area contributed by atoms with Crippen LogP contribution in [-0.2, 0) is 21.4 Å². The van der Waals surface area contributed by atoms with E-state index in [1.807, 2.05) is 17.2 Å². The molecule has 5 nitrogen and oxygen atoms in total. The van der Waals surface area contributed by atoms with Gasteiger partial charge in [-0.2, -0.15) is 0 Å². The van der Waals surface area contributed by atoms with Crippen molar-refractivity contribution in [3.05, 3.63) is 46.1 Å². The molecule has 4 rings (SSSR count). The molecule has 186 valence electrons. The number of carbonyl (C=O) groups is 2. The molecule has 1 atom stereocenters. The minimum absolute atomic E-state index is 0.0368. The average molecular weight is 488 g/mol. The molecule has 0 unspecified atom stereocenters. The number of benzene rings is 1. The van der Waals surface area contributed by atoms with E-state index in [4.69, 9.17) is 11.6 Å². The number of aliphatic hydroxyl groups is 1. The molecule has 0 radical (unpaired) electrons. The fourth-order valence-corrected chi connectivity index (χ4v) is 6.03. The quantitative estimate of drug-likeness (QED) is 0.526. The first-order valence-corrected chi connectivity index (χ1v) is 12.9. The van der Waals surface area contributed by atoms with Gasteiger partial charge in [0.2, 0.25) is 5.91 Å². The van der Waals surface area contributed by atoms with Crippen LogP contribution in [0, 0.1) is 23.2 Å². The van der Waals surface area contributed by atoms with E-state index in [2.05, 4.69) is 39.8 Å². The van der Waals surface area contributed by atoms with Crippen LogP contribution in [0.25, 0.3) is 0 Å². The van der Waals surface area contributed by atoms with Crippen LogP contribution in [0.1, 0.15) is 77.3 Å².